The maximum absolute atomic E-state index is 8.04. The van der Waals surface area contributed by atoms with Crippen molar-refractivity contribution in [3.05, 3.63) is 229 Å². The second kappa shape index (κ2) is 19.1. The highest BCUT2D eigenvalue weighted by atomic mass is 28.4. The summed E-state index contributed by atoms with van der Waals surface area (Å²) in [6.45, 7) is 16.8. The summed E-state index contributed by atoms with van der Waals surface area (Å²) < 4.78 is 20.8. The molecule has 9 rings (SSSR count). The number of benzene rings is 6. The first-order valence-electron chi connectivity index (χ1n) is 23.6. The van der Waals surface area contributed by atoms with Crippen molar-refractivity contribution >= 4 is 37.4 Å². The molecule has 0 N–H and O–H groups in total. The van der Waals surface area contributed by atoms with E-state index >= 15 is 0 Å². The number of nitrogens with zero attached hydrogens (tertiary/aromatic N) is 4. The van der Waals surface area contributed by atoms with E-state index in [4.69, 9.17) is 18.8 Å². The highest BCUT2D eigenvalue weighted by Gasteiger charge is 2.54. The smallest absolute Gasteiger partial charge is 0.261 e. The van der Waals surface area contributed by atoms with Crippen LogP contribution in [0.15, 0.2) is 201 Å². The zero-order chi connectivity index (χ0) is 45.8. The van der Waals surface area contributed by atoms with E-state index in [1.54, 1.807) is 0 Å². The van der Waals surface area contributed by atoms with Gasteiger partial charge in [0.2, 0.25) is 0 Å². The zero-order valence-corrected chi connectivity index (χ0v) is 41.4. The molecule has 0 aliphatic heterocycles. The van der Waals surface area contributed by atoms with E-state index in [1.807, 2.05) is 6.33 Å². The van der Waals surface area contributed by atoms with Gasteiger partial charge in [-0.15, -0.1) is 0 Å². The Morgan fingerprint density at radius 3 is 1.32 bits per heavy atom. The van der Waals surface area contributed by atoms with E-state index in [1.165, 1.54) is 37.6 Å². The van der Waals surface area contributed by atoms with Crippen LogP contribution in [-0.2, 0) is 28.4 Å². The lowest BCUT2D eigenvalue weighted by atomic mass is 9.71. The van der Waals surface area contributed by atoms with Crippen molar-refractivity contribution in [2.24, 2.45) is 11.8 Å². The van der Waals surface area contributed by atoms with E-state index in [9.17, 15) is 0 Å². The number of hydrogen-bond donors (Lipinski definition) is 0. The van der Waals surface area contributed by atoms with Gasteiger partial charge in [0, 0.05) is 49.8 Å². The maximum Gasteiger partial charge on any atom is 0.261 e. The SMILES string of the molecule is CC(C)(C)[Si](OC[C@H]1Cc2c(ncn2Cc2ccccc2)C(c2cncn2Cc2ccccc2)[C@@H]1CO[Si](c1ccccc1)(c1ccccc1)C(C)(C)C)(c1ccccc1)c1ccccc1. The lowest BCUT2D eigenvalue weighted by Gasteiger charge is -2.47. The van der Waals surface area contributed by atoms with E-state index in [0.29, 0.717) is 19.8 Å². The summed E-state index contributed by atoms with van der Waals surface area (Å²) in [6, 6.07) is 65.7. The summed E-state index contributed by atoms with van der Waals surface area (Å²) in [5.41, 5.74) is 6.00. The molecule has 0 saturated carbocycles. The van der Waals surface area contributed by atoms with Crippen molar-refractivity contribution in [1.82, 2.24) is 19.1 Å². The van der Waals surface area contributed by atoms with Crippen LogP contribution in [0.25, 0.3) is 0 Å². The topological polar surface area (TPSA) is 54.1 Å². The van der Waals surface area contributed by atoms with E-state index in [2.05, 4.69) is 245 Å². The fraction of sp³-hybridized carbons (Fsp3) is 0.276. The normalized spacial score (nSPS) is 16.8. The predicted octanol–water partition coefficient (Wildman–Crippen LogP) is 10.2. The van der Waals surface area contributed by atoms with Gasteiger partial charge < -0.3 is 18.0 Å². The Labute approximate surface area is 394 Å². The maximum atomic E-state index is 8.04. The summed E-state index contributed by atoms with van der Waals surface area (Å²) in [6.07, 6.45) is 6.98. The standard InChI is InChI=1S/C58H64N4O2Si2/c1-57(2,3)65(48-29-17-9-18-30-48,49-31-19-10-20-32-49)63-41-47-37-53-56(60-44-62(53)40-46-27-15-8-16-28-46)55(54-38-59-43-61(54)39-45-25-13-7-14-26-45)52(47)42-64-66(58(4,5)6,50-33-21-11-22-34-50)51-35-23-12-24-36-51/h7-36,38,43-44,47,52,55H,37,39-42H2,1-6H3/t47-,52-,55?/m1/s1. The van der Waals surface area contributed by atoms with Crippen LogP contribution in [0.2, 0.25) is 10.1 Å². The molecule has 2 heterocycles. The van der Waals surface area contributed by atoms with Crippen molar-refractivity contribution in [1.29, 1.82) is 0 Å². The lowest BCUT2D eigenvalue weighted by molar-refractivity contribution is 0.108. The molecule has 6 nitrogen and oxygen atoms in total. The molecule has 336 valence electrons. The molecular weight excluding hydrogens is 841 g/mol. The van der Waals surface area contributed by atoms with Gasteiger partial charge in [-0.1, -0.05) is 224 Å². The van der Waals surface area contributed by atoms with Crippen LogP contribution in [0.3, 0.4) is 0 Å². The molecule has 8 aromatic rings. The van der Waals surface area contributed by atoms with Gasteiger partial charge in [-0.25, -0.2) is 9.97 Å². The Morgan fingerprint density at radius 2 is 0.894 bits per heavy atom. The molecule has 0 spiro atoms. The van der Waals surface area contributed by atoms with Gasteiger partial charge in [-0.3, -0.25) is 0 Å². The average Bonchev–Trinajstić information content (AvgIpc) is 3.96. The predicted molar refractivity (Wildman–Crippen MR) is 275 cm³/mol. The first-order valence-corrected chi connectivity index (χ1v) is 27.4. The van der Waals surface area contributed by atoms with Gasteiger partial charge in [-0.2, -0.15) is 0 Å². The van der Waals surface area contributed by atoms with E-state index < -0.39 is 16.6 Å². The van der Waals surface area contributed by atoms with Gasteiger partial charge >= 0.3 is 0 Å². The highest BCUT2D eigenvalue weighted by Crippen LogP contribution is 2.47. The molecule has 6 aromatic carbocycles. The molecule has 0 fully saturated rings. The van der Waals surface area contributed by atoms with E-state index in [-0.39, 0.29) is 27.8 Å². The van der Waals surface area contributed by atoms with Crippen LogP contribution in [0, 0.1) is 11.8 Å². The molecule has 0 amide bonds. The molecule has 0 saturated heterocycles. The van der Waals surface area contributed by atoms with Crippen LogP contribution in [-0.4, -0.2) is 49.0 Å². The van der Waals surface area contributed by atoms with Crippen molar-refractivity contribution < 1.29 is 8.85 Å². The highest BCUT2D eigenvalue weighted by molar-refractivity contribution is 7.00. The quantitative estimate of drug-likeness (QED) is 0.0962. The third kappa shape index (κ3) is 8.75. The second-order valence-corrected chi connectivity index (χ2v) is 28.8. The first kappa shape index (κ1) is 45.3. The molecule has 1 unspecified atom stereocenters. The third-order valence-corrected chi connectivity index (χ3v) is 24.1. The summed E-state index contributed by atoms with van der Waals surface area (Å²) in [7, 11) is -5.89. The monoisotopic (exact) mass is 904 g/mol. The third-order valence-electron chi connectivity index (χ3n) is 14.1. The molecule has 8 heteroatoms. The van der Waals surface area contributed by atoms with Gasteiger partial charge in [0.25, 0.3) is 16.6 Å². The summed E-state index contributed by atoms with van der Waals surface area (Å²) in [5, 5.41) is 4.74. The Balaban J connectivity index is 1.23. The number of aromatic nitrogens is 4. The van der Waals surface area contributed by atoms with Crippen molar-refractivity contribution in [3.8, 4) is 0 Å². The number of fused-ring (bicyclic) bond motifs is 1. The fourth-order valence-corrected chi connectivity index (χ4v) is 20.2. The first-order chi connectivity index (χ1) is 32.0. The van der Waals surface area contributed by atoms with Crippen LogP contribution in [0.5, 0.6) is 0 Å². The van der Waals surface area contributed by atoms with Gasteiger partial charge in [0.15, 0.2) is 0 Å². The number of hydrogen-bond acceptors (Lipinski definition) is 4. The van der Waals surface area contributed by atoms with Crippen molar-refractivity contribution in [2.75, 3.05) is 13.2 Å². The molecular formula is C58H64N4O2Si2. The Kier molecular flexibility index (Phi) is 13.1. The Bertz CT molecular complexity index is 2690. The lowest BCUT2D eigenvalue weighted by Crippen LogP contribution is -2.67. The van der Waals surface area contributed by atoms with Crippen molar-refractivity contribution in [3.63, 3.8) is 0 Å². The largest absolute Gasteiger partial charge is 0.407 e. The van der Waals surface area contributed by atoms with Crippen LogP contribution in [0.1, 0.15) is 75.7 Å². The van der Waals surface area contributed by atoms with Crippen LogP contribution >= 0.6 is 0 Å². The molecule has 0 bridgehead atoms. The molecule has 66 heavy (non-hydrogen) atoms. The van der Waals surface area contributed by atoms with Crippen molar-refractivity contribution in [2.45, 2.75) is 77.0 Å². The molecule has 0 radical (unpaired) electrons. The minimum Gasteiger partial charge on any atom is -0.407 e. The van der Waals surface area contributed by atoms with Crippen LogP contribution in [0.4, 0.5) is 0 Å². The van der Waals surface area contributed by atoms with Gasteiger partial charge in [0.1, 0.15) is 0 Å². The number of imidazole rings is 2. The Morgan fingerprint density at radius 1 is 0.500 bits per heavy atom. The molecule has 1 aliphatic rings. The summed E-state index contributed by atoms with van der Waals surface area (Å²) in [4.78, 5) is 10.3. The second-order valence-electron chi connectivity index (χ2n) is 20.2. The van der Waals surface area contributed by atoms with Crippen LogP contribution < -0.4 is 20.7 Å². The summed E-state index contributed by atoms with van der Waals surface area (Å²) >= 11 is 0. The van der Waals surface area contributed by atoms with Gasteiger partial charge in [0.05, 0.1) is 24.3 Å². The summed E-state index contributed by atoms with van der Waals surface area (Å²) in [5.74, 6) is -0.0692. The van der Waals surface area contributed by atoms with Gasteiger partial charge in [-0.05, 0) is 54.3 Å². The average molecular weight is 905 g/mol. The molecule has 3 atom stereocenters. The molecule has 2 aromatic heterocycles. The minimum absolute atomic E-state index is 0.0105. The Hall–Kier alpha value is -5.91. The zero-order valence-electron chi connectivity index (χ0n) is 39.4. The van der Waals surface area contributed by atoms with E-state index in [0.717, 1.165) is 24.4 Å². The fourth-order valence-electron chi connectivity index (χ4n) is 10.9. The molecule has 1 aliphatic carbocycles. The number of rotatable bonds is 15. The minimum atomic E-state index is -2.96.